The summed E-state index contributed by atoms with van der Waals surface area (Å²) in [6, 6.07) is 5.75. The Bertz CT molecular complexity index is 772. The van der Waals surface area contributed by atoms with Gasteiger partial charge < -0.3 is 18.8 Å². The quantitative estimate of drug-likeness (QED) is 0.748. The van der Waals surface area contributed by atoms with Gasteiger partial charge in [-0.3, -0.25) is 0 Å². The highest BCUT2D eigenvalue weighted by atomic mass is 79.9. The fourth-order valence-electron chi connectivity index (χ4n) is 2.88. The zero-order chi connectivity index (χ0) is 17.3. The first-order valence-corrected chi connectivity index (χ1v) is 8.47. The molecule has 0 saturated carbocycles. The number of nitrogens with zero attached hydrogens (tertiary/aromatic N) is 2. The Kier molecular flexibility index (Phi) is 4.91. The van der Waals surface area contributed by atoms with Gasteiger partial charge in [-0.2, -0.15) is 0 Å². The molecule has 0 amide bonds. The number of halogens is 1. The van der Waals surface area contributed by atoms with Crippen molar-refractivity contribution in [1.29, 1.82) is 0 Å². The maximum atomic E-state index is 12.1. The van der Waals surface area contributed by atoms with Crippen LogP contribution in [0.15, 0.2) is 22.7 Å². The highest BCUT2D eigenvalue weighted by molar-refractivity contribution is 9.10. The van der Waals surface area contributed by atoms with E-state index in [1.165, 1.54) is 7.11 Å². The summed E-state index contributed by atoms with van der Waals surface area (Å²) in [5, 5.41) is 0. The minimum Gasteiger partial charge on any atom is -0.496 e. The third-order valence-corrected chi connectivity index (χ3v) is 4.70. The van der Waals surface area contributed by atoms with E-state index in [1.54, 1.807) is 7.11 Å². The lowest BCUT2D eigenvalue weighted by Crippen LogP contribution is -2.15. The Labute approximate surface area is 148 Å². The van der Waals surface area contributed by atoms with Gasteiger partial charge in [0, 0.05) is 12.0 Å². The summed E-state index contributed by atoms with van der Waals surface area (Å²) < 4.78 is 18.9. The lowest BCUT2D eigenvalue weighted by Gasteiger charge is -2.13. The molecule has 0 radical (unpaired) electrons. The molecule has 128 valence electrons. The van der Waals surface area contributed by atoms with E-state index in [9.17, 15) is 4.79 Å². The number of hydrogen-bond donors (Lipinski definition) is 0. The van der Waals surface area contributed by atoms with Crippen LogP contribution in [0.2, 0.25) is 0 Å². The number of methoxy groups -OCH3 is 2. The van der Waals surface area contributed by atoms with Crippen LogP contribution in [-0.4, -0.2) is 42.5 Å². The smallest absolute Gasteiger partial charge is 0.358 e. The number of hydrogen-bond acceptors (Lipinski definition) is 5. The Morgan fingerprint density at radius 3 is 2.92 bits per heavy atom. The van der Waals surface area contributed by atoms with Crippen LogP contribution in [0.5, 0.6) is 5.75 Å². The highest BCUT2D eigenvalue weighted by Crippen LogP contribution is 2.32. The maximum Gasteiger partial charge on any atom is 0.358 e. The van der Waals surface area contributed by atoms with Gasteiger partial charge in [0.05, 0.1) is 43.6 Å². The van der Waals surface area contributed by atoms with Crippen LogP contribution >= 0.6 is 15.9 Å². The van der Waals surface area contributed by atoms with Gasteiger partial charge in [0.15, 0.2) is 5.69 Å². The molecule has 1 aromatic carbocycles. The zero-order valence-electron chi connectivity index (χ0n) is 13.8. The average Bonchev–Trinajstić information content (AvgIpc) is 2.81. The van der Waals surface area contributed by atoms with Gasteiger partial charge in [-0.25, -0.2) is 9.78 Å². The van der Waals surface area contributed by atoms with E-state index in [1.807, 2.05) is 29.7 Å². The Balaban J connectivity index is 2.17. The number of aromatic nitrogens is 2. The van der Waals surface area contributed by atoms with Crippen molar-refractivity contribution < 1.29 is 19.0 Å². The van der Waals surface area contributed by atoms with Crippen LogP contribution in [-0.2, 0) is 22.4 Å². The van der Waals surface area contributed by atoms with E-state index >= 15 is 0 Å². The lowest BCUT2D eigenvalue weighted by molar-refractivity contribution is 0.0591. The first-order chi connectivity index (χ1) is 11.5. The molecule has 0 bridgehead atoms. The predicted molar refractivity (Wildman–Crippen MR) is 92.4 cm³/mol. The predicted octanol–water partition coefficient (Wildman–Crippen LogP) is 3.07. The molecule has 2 aromatic rings. The van der Waals surface area contributed by atoms with Crippen molar-refractivity contribution in [1.82, 2.24) is 9.55 Å². The molecule has 0 N–H and O–H groups in total. The average molecular weight is 395 g/mol. The summed E-state index contributed by atoms with van der Waals surface area (Å²) >= 11 is 3.45. The van der Waals surface area contributed by atoms with E-state index in [0.29, 0.717) is 36.8 Å². The van der Waals surface area contributed by atoms with Gasteiger partial charge in [0.25, 0.3) is 0 Å². The molecular formula is C17H19BrN2O4. The molecule has 24 heavy (non-hydrogen) atoms. The summed E-state index contributed by atoms with van der Waals surface area (Å²) in [5.41, 5.74) is 2.08. The standard InChI is InChI=1S/C17H19BrN2O4/c1-10-9-20-13(6-7-24-10)15(17(21)23-3)19-16(20)11-4-5-12(18)14(8-11)22-2/h4-5,8,10H,6-7,9H2,1-3H3/t10-/m1/s1. The number of carbonyl (C=O) groups is 1. The molecule has 3 rings (SSSR count). The Morgan fingerprint density at radius 1 is 1.42 bits per heavy atom. The molecule has 1 aliphatic rings. The number of esters is 1. The molecule has 1 atom stereocenters. The van der Waals surface area contributed by atoms with Crippen molar-refractivity contribution in [3.63, 3.8) is 0 Å². The molecular weight excluding hydrogens is 376 g/mol. The van der Waals surface area contributed by atoms with Crippen molar-refractivity contribution in [2.45, 2.75) is 26.0 Å². The number of ether oxygens (including phenoxy) is 3. The maximum absolute atomic E-state index is 12.1. The number of benzene rings is 1. The SMILES string of the molecule is COC(=O)c1nc(-c2ccc(Br)c(OC)c2)n2c1CCO[C@H](C)C2. The minimum atomic E-state index is -0.427. The second kappa shape index (κ2) is 6.94. The van der Waals surface area contributed by atoms with E-state index < -0.39 is 5.97 Å². The first-order valence-electron chi connectivity index (χ1n) is 7.68. The van der Waals surface area contributed by atoms with Crippen molar-refractivity contribution in [2.75, 3.05) is 20.8 Å². The van der Waals surface area contributed by atoms with Crippen LogP contribution in [0.1, 0.15) is 23.1 Å². The summed E-state index contributed by atoms with van der Waals surface area (Å²) in [6.45, 7) is 3.20. The highest BCUT2D eigenvalue weighted by Gasteiger charge is 2.27. The third-order valence-electron chi connectivity index (χ3n) is 4.04. The van der Waals surface area contributed by atoms with Gasteiger partial charge in [-0.05, 0) is 41.1 Å². The zero-order valence-corrected chi connectivity index (χ0v) is 15.4. The van der Waals surface area contributed by atoms with Crippen LogP contribution in [0, 0.1) is 0 Å². The fraction of sp³-hybridized carbons (Fsp3) is 0.412. The molecule has 7 heteroatoms. The minimum absolute atomic E-state index is 0.0436. The number of fused-ring (bicyclic) bond motifs is 1. The fourth-order valence-corrected chi connectivity index (χ4v) is 3.29. The molecule has 6 nitrogen and oxygen atoms in total. The lowest BCUT2D eigenvalue weighted by atomic mass is 10.2. The van der Waals surface area contributed by atoms with Crippen LogP contribution < -0.4 is 4.74 Å². The van der Waals surface area contributed by atoms with Crippen LogP contribution in [0.3, 0.4) is 0 Å². The van der Waals surface area contributed by atoms with Gasteiger partial charge in [-0.15, -0.1) is 0 Å². The van der Waals surface area contributed by atoms with E-state index in [0.717, 1.165) is 15.7 Å². The van der Waals surface area contributed by atoms with Crippen molar-refractivity contribution >= 4 is 21.9 Å². The number of carbonyl (C=O) groups excluding carboxylic acids is 1. The molecule has 0 unspecified atom stereocenters. The Hall–Kier alpha value is -1.86. The number of imidazole rings is 1. The molecule has 1 aromatic heterocycles. The number of rotatable bonds is 3. The Morgan fingerprint density at radius 2 is 2.21 bits per heavy atom. The third kappa shape index (κ3) is 3.06. The second-order valence-electron chi connectivity index (χ2n) is 5.61. The topological polar surface area (TPSA) is 62.6 Å². The largest absolute Gasteiger partial charge is 0.496 e. The monoisotopic (exact) mass is 394 g/mol. The molecule has 0 aliphatic carbocycles. The summed E-state index contributed by atoms with van der Waals surface area (Å²) in [7, 11) is 2.98. The van der Waals surface area contributed by atoms with Gasteiger partial charge in [-0.1, -0.05) is 0 Å². The van der Waals surface area contributed by atoms with Gasteiger partial charge in [0.1, 0.15) is 11.6 Å². The van der Waals surface area contributed by atoms with E-state index in [2.05, 4.69) is 20.9 Å². The first kappa shape index (κ1) is 17.0. The van der Waals surface area contributed by atoms with E-state index in [4.69, 9.17) is 14.2 Å². The van der Waals surface area contributed by atoms with Crippen LogP contribution in [0.4, 0.5) is 0 Å². The van der Waals surface area contributed by atoms with Gasteiger partial charge >= 0.3 is 5.97 Å². The molecule has 0 saturated heterocycles. The van der Waals surface area contributed by atoms with Crippen molar-refractivity contribution in [3.05, 3.63) is 34.1 Å². The van der Waals surface area contributed by atoms with Gasteiger partial charge in [0.2, 0.25) is 0 Å². The second-order valence-corrected chi connectivity index (χ2v) is 6.47. The summed E-state index contributed by atoms with van der Waals surface area (Å²) in [6.07, 6.45) is 0.664. The molecule has 0 fully saturated rings. The van der Waals surface area contributed by atoms with E-state index in [-0.39, 0.29) is 6.10 Å². The molecule has 0 spiro atoms. The molecule has 1 aliphatic heterocycles. The van der Waals surface area contributed by atoms with Crippen LogP contribution in [0.25, 0.3) is 11.4 Å². The normalized spacial score (nSPS) is 17.1. The van der Waals surface area contributed by atoms with Crippen molar-refractivity contribution in [2.24, 2.45) is 0 Å². The summed E-state index contributed by atoms with van der Waals surface area (Å²) in [4.78, 5) is 16.7. The van der Waals surface area contributed by atoms with Crippen molar-refractivity contribution in [3.8, 4) is 17.1 Å². The molecule has 2 heterocycles. The summed E-state index contributed by atoms with van der Waals surface area (Å²) in [5.74, 6) is 1.000.